The van der Waals surface area contributed by atoms with Crippen molar-refractivity contribution in [1.29, 1.82) is 0 Å². The van der Waals surface area contributed by atoms with Gasteiger partial charge < -0.3 is 21.7 Å². The maximum Gasteiger partial charge on any atom is 0.303 e. The fourth-order valence-corrected chi connectivity index (χ4v) is 2.53. The van der Waals surface area contributed by atoms with Crippen molar-refractivity contribution in [2.75, 3.05) is 6.54 Å². The highest BCUT2D eigenvalue weighted by atomic mass is 16.4. The Labute approximate surface area is 126 Å². The second-order valence-electron chi connectivity index (χ2n) is 5.63. The molecule has 0 aromatic heterocycles. The summed E-state index contributed by atoms with van der Waals surface area (Å²) in [6, 6.07) is 0.0511. The van der Waals surface area contributed by atoms with Crippen molar-refractivity contribution < 1.29 is 19.8 Å². The van der Waals surface area contributed by atoms with Crippen LogP contribution in [0.1, 0.15) is 64.2 Å². The van der Waals surface area contributed by atoms with Gasteiger partial charge in [0, 0.05) is 18.9 Å². The zero-order chi connectivity index (χ0) is 16.1. The third kappa shape index (κ3) is 12.3. The highest BCUT2D eigenvalue weighted by Crippen LogP contribution is 2.22. The van der Waals surface area contributed by atoms with Crippen LogP contribution in [-0.2, 0) is 9.59 Å². The number of aliphatic carboxylic acids is 2. The van der Waals surface area contributed by atoms with Gasteiger partial charge in [0.05, 0.1) is 0 Å². The van der Waals surface area contributed by atoms with Gasteiger partial charge in [-0.25, -0.2) is 0 Å². The van der Waals surface area contributed by atoms with E-state index in [0.717, 1.165) is 38.5 Å². The van der Waals surface area contributed by atoms with E-state index < -0.39 is 11.9 Å². The molecule has 0 fully saturated rings. The van der Waals surface area contributed by atoms with Crippen molar-refractivity contribution in [3.63, 3.8) is 0 Å². The van der Waals surface area contributed by atoms with E-state index in [1.807, 2.05) is 0 Å². The van der Waals surface area contributed by atoms with E-state index in [1.54, 1.807) is 0 Å². The van der Waals surface area contributed by atoms with Gasteiger partial charge in [0.25, 0.3) is 0 Å². The van der Waals surface area contributed by atoms with Crippen LogP contribution in [0.15, 0.2) is 0 Å². The van der Waals surface area contributed by atoms with Crippen LogP contribution in [0.5, 0.6) is 0 Å². The summed E-state index contributed by atoms with van der Waals surface area (Å²) in [5.74, 6) is -1.28. The van der Waals surface area contributed by atoms with E-state index >= 15 is 0 Å². The lowest BCUT2D eigenvalue weighted by Crippen LogP contribution is -2.30. The third-order valence-corrected chi connectivity index (χ3v) is 3.78. The number of hydrogen-bond donors (Lipinski definition) is 4. The molecule has 6 nitrogen and oxygen atoms in total. The Morgan fingerprint density at radius 3 is 1.90 bits per heavy atom. The lowest BCUT2D eigenvalue weighted by molar-refractivity contribution is -0.138. The first-order chi connectivity index (χ1) is 9.97. The minimum atomic E-state index is -0.781. The number of carboxylic acids is 2. The van der Waals surface area contributed by atoms with E-state index in [9.17, 15) is 9.59 Å². The van der Waals surface area contributed by atoms with Gasteiger partial charge in [-0.15, -0.1) is 0 Å². The highest BCUT2D eigenvalue weighted by Gasteiger charge is 2.17. The lowest BCUT2D eigenvalue weighted by Gasteiger charge is -2.24. The molecule has 0 aliphatic rings. The first-order valence-corrected chi connectivity index (χ1v) is 7.86. The standard InChI is InChI=1S/C15H30N2O4/c16-11-4-3-8-13(17)12(7-5-10-15(20)21)6-1-2-9-14(18)19/h12-13H,1-11,16-17H2,(H,18,19)(H,20,21). The molecule has 0 bridgehead atoms. The molecule has 0 rings (SSSR count). The van der Waals surface area contributed by atoms with Gasteiger partial charge >= 0.3 is 11.9 Å². The van der Waals surface area contributed by atoms with Gasteiger partial charge in [-0.3, -0.25) is 9.59 Å². The molecule has 0 saturated heterocycles. The summed E-state index contributed by atoms with van der Waals surface area (Å²) in [4.78, 5) is 21.1. The molecule has 0 amide bonds. The van der Waals surface area contributed by atoms with Gasteiger partial charge in [0.1, 0.15) is 0 Å². The summed E-state index contributed by atoms with van der Waals surface area (Å²) in [6.07, 6.45) is 6.97. The molecule has 0 spiro atoms. The molecule has 2 unspecified atom stereocenters. The zero-order valence-corrected chi connectivity index (χ0v) is 12.8. The number of rotatable bonds is 14. The van der Waals surface area contributed by atoms with Crippen LogP contribution >= 0.6 is 0 Å². The highest BCUT2D eigenvalue weighted by molar-refractivity contribution is 5.66. The number of hydrogen-bond acceptors (Lipinski definition) is 4. The molecule has 0 saturated carbocycles. The summed E-state index contributed by atoms with van der Waals surface area (Å²) in [7, 11) is 0. The molecular weight excluding hydrogens is 272 g/mol. The second-order valence-corrected chi connectivity index (χ2v) is 5.63. The molecule has 0 aliphatic heterocycles. The molecule has 6 heteroatoms. The van der Waals surface area contributed by atoms with Gasteiger partial charge in [-0.2, -0.15) is 0 Å². The Hall–Kier alpha value is -1.14. The second kappa shape index (κ2) is 12.6. The van der Waals surface area contributed by atoms with Gasteiger partial charge in [-0.05, 0) is 51.0 Å². The number of unbranched alkanes of at least 4 members (excludes halogenated alkanes) is 2. The first kappa shape index (κ1) is 19.9. The van der Waals surface area contributed by atoms with E-state index in [2.05, 4.69) is 0 Å². The van der Waals surface area contributed by atoms with Crippen LogP contribution in [0.4, 0.5) is 0 Å². The van der Waals surface area contributed by atoms with Crippen LogP contribution < -0.4 is 11.5 Å². The summed E-state index contributed by atoms with van der Waals surface area (Å²) < 4.78 is 0. The molecule has 21 heavy (non-hydrogen) atoms. The Morgan fingerprint density at radius 1 is 0.810 bits per heavy atom. The summed E-state index contributed by atoms with van der Waals surface area (Å²) in [5.41, 5.74) is 11.7. The monoisotopic (exact) mass is 302 g/mol. The Bertz CT molecular complexity index is 297. The van der Waals surface area contributed by atoms with E-state index in [1.165, 1.54) is 0 Å². The van der Waals surface area contributed by atoms with Crippen molar-refractivity contribution in [2.24, 2.45) is 17.4 Å². The predicted molar refractivity (Wildman–Crippen MR) is 82.0 cm³/mol. The molecule has 6 N–H and O–H groups in total. The summed E-state index contributed by atoms with van der Waals surface area (Å²) in [6.45, 7) is 0.662. The Morgan fingerprint density at radius 2 is 1.33 bits per heavy atom. The van der Waals surface area contributed by atoms with Crippen LogP contribution in [0, 0.1) is 5.92 Å². The average molecular weight is 302 g/mol. The number of nitrogens with two attached hydrogens (primary N) is 2. The largest absolute Gasteiger partial charge is 0.481 e. The van der Waals surface area contributed by atoms with Crippen molar-refractivity contribution in [2.45, 2.75) is 70.3 Å². The molecule has 2 atom stereocenters. The molecule has 0 aromatic rings. The molecular formula is C15H30N2O4. The topological polar surface area (TPSA) is 127 Å². The Kier molecular flexibility index (Phi) is 11.9. The molecule has 0 heterocycles. The molecule has 124 valence electrons. The fraction of sp³-hybridized carbons (Fsp3) is 0.867. The van der Waals surface area contributed by atoms with Crippen LogP contribution in [-0.4, -0.2) is 34.7 Å². The van der Waals surface area contributed by atoms with E-state index in [-0.39, 0.29) is 24.8 Å². The minimum Gasteiger partial charge on any atom is -0.481 e. The lowest BCUT2D eigenvalue weighted by atomic mass is 9.86. The fourth-order valence-electron chi connectivity index (χ4n) is 2.53. The third-order valence-electron chi connectivity index (χ3n) is 3.78. The first-order valence-electron chi connectivity index (χ1n) is 7.86. The van der Waals surface area contributed by atoms with Gasteiger partial charge in [0.2, 0.25) is 0 Å². The van der Waals surface area contributed by atoms with Crippen molar-refractivity contribution in [1.82, 2.24) is 0 Å². The predicted octanol–water partition coefficient (Wildman–Crippen LogP) is 1.96. The van der Waals surface area contributed by atoms with Gasteiger partial charge in [-0.1, -0.05) is 12.8 Å². The normalized spacial score (nSPS) is 13.8. The van der Waals surface area contributed by atoms with E-state index in [0.29, 0.717) is 19.4 Å². The number of carbonyl (C=O) groups is 2. The zero-order valence-electron chi connectivity index (χ0n) is 12.8. The average Bonchev–Trinajstić information content (AvgIpc) is 2.41. The van der Waals surface area contributed by atoms with Crippen LogP contribution in [0.25, 0.3) is 0 Å². The molecule has 0 aliphatic carbocycles. The van der Waals surface area contributed by atoms with Crippen molar-refractivity contribution in [3.05, 3.63) is 0 Å². The summed E-state index contributed by atoms with van der Waals surface area (Å²) in [5, 5.41) is 17.3. The molecule has 0 radical (unpaired) electrons. The quantitative estimate of drug-likeness (QED) is 0.363. The minimum absolute atomic E-state index is 0.0511. The van der Waals surface area contributed by atoms with E-state index in [4.69, 9.17) is 21.7 Å². The summed E-state index contributed by atoms with van der Waals surface area (Å²) >= 11 is 0. The van der Waals surface area contributed by atoms with Gasteiger partial charge in [0.15, 0.2) is 0 Å². The van der Waals surface area contributed by atoms with Crippen molar-refractivity contribution >= 4 is 11.9 Å². The molecule has 0 aromatic carbocycles. The van der Waals surface area contributed by atoms with Crippen molar-refractivity contribution in [3.8, 4) is 0 Å². The maximum absolute atomic E-state index is 10.6. The SMILES string of the molecule is NCCCCC(N)C(CCCCC(=O)O)CCCC(=O)O. The van der Waals surface area contributed by atoms with Crippen LogP contribution in [0.2, 0.25) is 0 Å². The Balaban J connectivity index is 4.11. The number of carboxylic acid groups (broad SMARTS) is 2. The maximum atomic E-state index is 10.6. The smallest absolute Gasteiger partial charge is 0.303 e. The van der Waals surface area contributed by atoms with Crippen LogP contribution in [0.3, 0.4) is 0 Å².